The van der Waals surface area contributed by atoms with Crippen molar-refractivity contribution in [3.63, 3.8) is 0 Å². The molecule has 0 aromatic rings. The van der Waals surface area contributed by atoms with Crippen LogP contribution in [0.2, 0.25) is 0 Å². The highest BCUT2D eigenvalue weighted by atomic mass is 127. The molecule has 1 heterocycles. The molecule has 2 nitrogen and oxygen atoms in total. The van der Waals surface area contributed by atoms with E-state index in [1.807, 2.05) is 23.0 Å². The molecule has 1 saturated heterocycles. The number of rotatable bonds is 1. The van der Waals surface area contributed by atoms with Gasteiger partial charge in [0.25, 0.3) is 0 Å². The number of nitrogens with one attached hydrogen (secondary N) is 1. The second kappa shape index (κ2) is 3.42. The molecule has 0 aliphatic carbocycles. The fraction of sp³-hybridized carbons (Fsp3) is 1.00. The summed E-state index contributed by atoms with van der Waals surface area (Å²) in [7, 11) is 0. The maximum Gasteiger partial charge on any atom is 0.110 e. The maximum absolute atomic E-state index is 5.39. The van der Waals surface area contributed by atoms with E-state index in [0.717, 1.165) is 12.8 Å². The van der Waals surface area contributed by atoms with Crippen LogP contribution in [0, 0.1) is 0 Å². The van der Waals surface area contributed by atoms with E-state index >= 15 is 0 Å². The Balaban J connectivity index is 2.66. The Kier molecular flexibility index (Phi) is 3.06. The standard InChI is InChI=1S/C9H18INO/c1-8(2)5-7(12-10)6-9(3,4)11-8/h7,11H,5-6H2,1-4H3. The Bertz CT molecular complexity index is 152. The third-order valence-electron chi connectivity index (χ3n) is 2.28. The van der Waals surface area contributed by atoms with Crippen molar-refractivity contribution in [1.82, 2.24) is 5.32 Å². The van der Waals surface area contributed by atoms with E-state index in [0.29, 0.717) is 6.10 Å². The number of piperidine rings is 1. The molecule has 0 amide bonds. The molecule has 0 bridgehead atoms. The summed E-state index contributed by atoms with van der Waals surface area (Å²) in [5.41, 5.74) is 0.412. The lowest BCUT2D eigenvalue weighted by Gasteiger charge is -2.45. The van der Waals surface area contributed by atoms with Crippen molar-refractivity contribution in [2.75, 3.05) is 0 Å². The summed E-state index contributed by atoms with van der Waals surface area (Å²) in [5, 5.41) is 3.61. The highest BCUT2D eigenvalue weighted by molar-refractivity contribution is 14.1. The van der Waals surface area contributed by atoms with Gasteiger partial charge < -0.3 is 8.38 Å². The van der Waals surface area contributed by atoms with Crippen LogP contribution in [-0.2, 0) is 3.07 Å². The molecule has 1 N–H and O–H groups in total. The minimum absolute atomic E-state index is 0.206. The summed E-state index contributed by atoms with van der Waals surface area (Å²) in [6.07, 6.45) is 2.59. The van der Waals surface area contributed by atoms with Crippen LogP contribution >= 0.6 is 23.0 Å². The van der Waals surface area contributed by atoms with Crippen LogP contribution in [0.3, 0.4) is 0 Å². The van der Waals surface area contributed by atoms with Crippen LogP contribution < -0.4 is 5.32 Å². The summed E-state index contributed by atoms with van der Waals surface area (Å²) in [6, 6.07) is 0. The zero-order valence-electron chi connectivity index (χ0n) is 8.28. The predicted octanol–water partition coefficient (Wildman–Crippen LogP) is 2.66. The van der Waals surface area contributed by atoms with Gasteiger partial charge in [-0.1, -0.05) is 0 Å². The van der Waals surface area contributed by atoms with Gasteiger partial charge in [-0.2, -0.15) is 0 Å². The average molecular weight is 283 g/mol. The van der Waals surface area contributed by atoms with E-state index < -0.39 is 0 Å². The molecule has 1 aliphatic heterocycles. The molecular formula is C9H18INO. The lowest BCUT2D eigenvalue weighted by Crippen LogP contribution is -2.59. The van der Waals surface area contributed by atoms with Crippen molar-refractivity contribution in [2.45, 2.75) is 57.7 Å². The molecule has 0 atom stereocenters. The monoisotopic (exact) mass is 283 g/mol. The highest BCUT2D eigenvalue weighted by Gasteiger charge is 2.37. The van der Waals surface area contributed by atoms with Crippen molar-refractivity contribution in [3.8, 4) is 0 Å². The molecule has 12 heavy (non-hydrogen) atoms. The summed E-state index contributed by atoms with van der Waals surface area (Å²) >= 11 is 2.01. The van der Waals surface area contributed by atoms with Crippen molar-refractivity contribution in [1.29, 1.82) is 0 Å². The maximum atomic E-state index is 5.39. The second-order valence-electron chi connectivity index (χ2n) is 5.01. The predicted molar refractivity (Wildman–Crippen MR) is 59.4 cm³/mol. The smallest absolute Gasteiger partial charge is 0.110 e. The van der Waals surface area contributed by atoms with Gasteiger partial charge in [-0.25, -0.2) is 0 Å². The Morgan fingerprint density at radius 1 is 1.17 bits per heavy atom. The first-order chi connectivity index (χ1) is 5.35. The topological polar surface area (TPSA) is 21.3 Å². The zero-order chi connectivity index (χ0) is 9.41. The van der Waals surface area contributed by atoms with E-state index in [2.05, 4.69) is 33.0 Å². The normalized spacial score (nSPS) is 28.8. The second-order valence-corrected chi connectivity index (χ2v) is 5.52. The van der Waals surface area contributed by atoms with Crippen LogP contribution in [0.1, 0.15) is 40.5 Å². The summed E-state index contributed by atoms with van der Waals surface area (Å²) in [4.78, 5) is 0. The molecule has 72 valence electrons. The van der Waals surface area contributed by atoms with E-state index in [1.165, 1.54) is 0 Å². The van der Waals surface area contributed by atoms with Gasteiger partial charge in [0.15, 0.2) is 0 Å². The molecule has 1 aliphatic rings. The van der Waals surface area contributed by atoms with Crippen LogP contribution in [0.25, 0.3) is 0 Å². The lowest BCUT2D eigenvalue weighted by atomic mass is 9.81. The molecule has 0 radical (unpaired) electrons. The lowest BCUT2D eigenvalue weighted by molar-refractivity contribution is 0.0834. The van der Waals surface area contributed by atoms with Gasteiger partial charge in [0.2, 0.25) is 0 Å². The van der Waals surface area contributed by atoms with Crippen LogP contribution in [0.15, 0.2) is 0 Å². The third kappa shape index (κ3) is 2.85. The van der Waals surface area contributed by atoms with Crippen molar-refractivity contribution in [2.24, 2.45) is 0 Å². The molecule has 0 unspecified atom stereocenters. The fourth-order valence-corrected chi connectivity index (χ4v) is 2.65. The number of halogens is 1. The average Bonchev–Trinajstić information content (AvgIpc) is 1.80. The quantitative estimate of drug-likeness (QED) is 0.747. The van der Waals surface area contributed by atoms with Gasteiger partial charge in [-0.05, 0) is 40.5 Å². The minimum Gasteiger partial charge on any atom is -0.312 e. The molecule has 0 aromatic heterocycles. The Morgan fingerprint density at radius 3 is 1.92 bits per heavy atom. The van der Waals surface area contributed by atoms with Crippen LogP contribution in [-0.4, -0.2) is 17.2 Å². The fourth-order valence-electron chi connectivity index (χ4n) is 2.29. The SMILES string of the molecule is CC1(C)CC(OI)CC(C)(C)N1. The Morgan fingerprint density at radius 2 is 1.58 bits per heavy atom. The van der Waals surface area contributed by atoms with Crippen LogP contribution in [0.4, 0.5) is 0 Å². The van der Waals surface area contributed by atoms with E-state index in [-0.39, 0.29) is 11.1 Å². The Hall–Kier alpha value is 0.650. The first kappa shape index (κ1) is 10.7. The molecule has 0 saturated carbocycles. The van der Waals surface area contributed by atoms with Gasteiger partial charge in [0.05, 0.1) is 6.10 Å². The number of hydrogen-bond donors (Lipinski definition) is 1. The molecule has 0 spiro atoms. The van der Waals surface area contributed by atoms with Gasteiger partial charge in [-0.3, -0.25) is 0 Å². The highest BCUT2D eigenvalue weighted by Crippen LogP contribution is 2.30. The first-order valence-electron chi connectivity index (χ1n) is 4.41. The molecule has 1 rings (SSSR count). The van der Waals surface area contributed by atoms with E-state index in [4.69, 9.17) is 3.07 Å². The minimum atomic E-state index is 0.206. The van der Waals surface area contributed by atoms with Crippen molar-refractivity contribution in [3.05, 3.63) is 0 Å². The molecule has 3 heteroatoms. The largest absolute Gasteiger partial charge is 0.312 e. The molecule has 1 fully saturated rings. The summed E-state index contributed by atoms with van der Waals surface area (Å²) < 4.78 is 5.39. The van der Waals surface area contributed by atoms with Gasteiger partial charge in [-0.15, -0.1) is 0 Å². The Labute approximate surface area is 89.1 Å². The van der Waals surface area contributed by atoms with Gasteiger partial charge in [0, 0.05) is 11.1 Å². The zero-order valence-corrected chi connectivity index (χ0v) is 10.4. The van der Waals surface area contributed by atoms with Gasteiger partial charge in [0.1, 0.15) is 23.0 Å². The van der Waals surface area contributed by atoms with Crippen molar-refractivity contribution < 1.29 is 3.07 Å². The van der Waals surface area contributed by atoms with E-state index in [1.54, 1.807) is 0 Å². The summed E-state index contributed by atoms with van der Waals surface area (Å²) in [5.74, 6) is 0. The molecule has 0 aromatic carbocycles. The summed E-state index contributed by atoms with van der Waals surface area (Å²) in [6.45, 7) is 8.93. The number of hydrogen-bond acceptors (Lipinski definition) is 2. The first-order valence-corrected chi connectivity index (χ1v) is 5.29. The third-order valence-corrected chi connectivity index (χ3v) is 3.00. The van der Waals surface area contributed by atoms with E-state index in [9.17, 15) is 0 Å². The van der Waals surface area contributed by atoms with Crippen molar-refractivity contribution >= 4 is 23.0 Å². The molecular weight excluding hydrogens is 265 g/mol. The van der Waals surface area contributed by atoms with Gasteiger partial charge >= 0.3 is 0 Å². The van der Waals surface area contributed by atoms with Crippen LogP contribution in [0.5, 0.6) is 0 Å².